The van der Waals surface area contributed by atoms with Crippen LogP contribution in [0.4, 0.5) is 0 Å². The molecule has 2 aromatic heterocycles. The Balaban J connectivity index is 1.59. The number of ether oxygens (including phenoxy) is 1. The van der Waals surface area contributed by atoms with Crippen LogP contribution < -0.4 is 5.32 Å². The highest BCUT2D eigenvalue weighted by molar-refractivity contribution is 5.90. The molecule has 1 aliphatic carbocycles. The average molecular weight is 424 g/mol. The van der Waals surface area contributed by atoms with E-state index in [-0.39, 0.29) is 0 Å². The van der Waals surface area contributed by atoms with E-state index in [1.54, 1.807) is 12.3 Å². The molecule has 0 spiro atoms. The lowest BCUT2D eigenvalue weighted by Gasteiger charge is -2.32. The minimum Gasteiger partial charge on any atom is -0.467 e. The SMILES string of the molecule is Cc1cc(/C=C/C(=O)OC(C)C(=O)NC2(C#N)CCCCC2)c(C)n1Cc1ccco1. The Kier molecular flexibility index (Phi) is 7.01. The van der Waals surface area contributed by atoms with Crippen molar-refractivity contribution in [3.05, 3.63) is 53.2 Å². The second-order valence-corrected chi connectivity index (χ2v) is 8.15. The van der Waals surface area contributed by atoms with E-state index >= 15 is 0 Å². The molecule has 31 heavy (non-hydrogen) atoms. The largest absolute Gasteiger partial charge is 0.467 e. The molecule has 1 unspecified atom stereocenters. The topological polar surface area (TPSA) is 97.3 Å². The van der Waals surface area contributed by atoms with Crippen molar-refractivity contribution in [1.29, 1.82) is 5.26 Å². The monoisotopic (exact) mass is 423 g/mol. The summed E-state index contributed by atoms with van der Waals surface area (Å²) in [5.41, 5.74) is 2.09. The summed E-state index contributed by atoms with van der Waals surface area (Å²) in [6, 6.07) is 7.99. The van der Waals surface area contributed by atoms with Gasteiger partial charge in [-0.25, -0.2) is 4.79 Å². The number of nitriles is 1. The minimum absolute atomic E-state index is 0.443. The number of esters is 1. The van der Waals surface area contributed by atoms with Gasteiger partial charge in [0.1, 0.15) is 11.3 Å². The molecule has 0 bridgehead atoms. The van der Waals surface area contributed by atoms with E-state index < -0.39 is 23.5 Å². The highest BCUT2D eigenvalue weighted by Crippen LogP contribution is 2.27. The van der Waals surface area contributed by atoms with Crippen molar-refractivity contribution in [1.82, 2.24) is 9.88 Å². The molecule has 1 aliphatic rings. The fraction of sp³-hybridized carbons (Fsp3) is 0.458. The van der Waals surface area contributed by atoms with Crippen molar-refractivity contribution in [2.45, 2.75) is 71.1 Å². The van der Waals surface area contributed by atoms with Crippen LogP contribution in [-0.2, 0) is 20.9 Å². The maximum absolute atomic E-state index is 12.5. The maximum atomic E-state index is 12.5. The van der Waals surface area contributed by atoms with Crippen LogP contribution in [-0.4, -0.2) is 28.1 Å². The summed E-state index contributed by atoms with van der Waals surface area (Å²) in [5.74, 6) is -0.195. The smallest absolute Gasteiger partial charge is 0.331 e. The van der Waals surface area contributed by atoms with E-state index in [9.17, 15) is 14.9 Å². The lowest BCUT2D eigenvalue weighted by Crippen LogP contribution is -2.52. The van der Waals surface area contributed by atoms with E-state index in [4.69, 9.17) is 9.15 Å². The number of amides is 1. The first-order chi connectivity index (χ1) is 14.8. The molecule has 7 heteroatoms. The minimum atomic E-state index is -0.976. The summed E-state index contributed by atoms with van der Waals surface area (Å²) < 4.78 is 12.8. The van der Waals surface area contributed by atoms with Crippen LogP contribution in [0.5, 0.6) is 0 Å². The van der Waals surface area contributed by atoms with Gasteiger partial charge >= 0.3 is 5.97 Å². The number of carbonyl (C=O) groups is 2. The Morgan fingerprint density at radius 1 is 1.35 bits per heavy atom. The Bertz CT molecular complexity index is 989. The van der Waals surface area contributed by atoms with Gasteiger partial charge in [0, 0.05) is 17.5 Å². The van der Waals surface area contributed by atoms with Crippen molar-refractivity contribution in [3.63, 3.8) is 0 Å². The molecule has 1 atom stereocenters. The summed E-state index contributed by atoms with van der Waals surface area (Å²) in [6.07, 6.45) is 7.81. The molecule has 164 valence electrons. The molecule has 2 heterocycles. The number of carbonyl (C=O) groups excluding carboxylic acids is 2. The number of nitrogens with zero attached hydrogens (tertiary/aromatic N) is 2. The number of aromatic nitrogens is 1. The van der Waals surface area contributed by atoms with E-state index in [1.807, 2.05) is 32.0 Å². The summed E-state index contributed by atoms with van der Waals surface area (Å²) in [4.78, 5) is 24.7. The molecule has 1 N–H and O–H groups in total. The molecule has 7 nitrogen and oxygen atoms in total. The van der Waals surface area contributed by atoms with Crippen LogP contribution >= 0.6 is 0 Å². The summed E-state index contributed by atoms with van der Waals surface area (Å²) in [5, 5.41) is 12.3. The first-order valence-corrected chi connectivity index (χ1v) is 10.6. The Morgan fingerprint density at radius 3 is 2.74 bits per heavy atom. The Morgan fingerprint density at radius 2 is 2.10 bits per heavy atom. The second kappa shape index (κ2) is 9.69. The van der Waals surface area contributed by atoms with E-state index in [0.29, 0.717) is 19.4 Å². The third-order valence-corrected chi connectivity index (χ3v) is 5.85. The lowest BCUT2D eigenvalue weighted by atomic mass is 9.83. The van der Waals surface area contributed by atoms with Crippen molar-refractivity contribution in [3.8, 4) is 6.07 Å². The fourth-order valence-corrected chi connectivity index (χ4v) is 3.98. The van der Waals surface area contributed by atoms with Gasteiger partial charge in [-0.3, -0.25) is 4.79 Å². The molecule has 2 aromatic rings. The van der Waals surface area contributed by atoms with Crippen LogP contribution in [0.3, 0.4) is 0 Å². The van der Waals surface area contributed by atoms with E-state index in [2.05, 4.69) is 16.0 Å². The van der Waals surface area contributed by atoms with E-state index in [0.717, 1.165) is 42.0 Å². The van der Waals surface area contributed by atoms with Crippen molar-refractivity contribution < 1.29 is 18.7 Å². The van der Waals surface area contributed by atoms with Crippen molar-refractivity contribution in [2.24, 2.45) is 0 Å². The number of hydrogen-bond acceptors (Lipinski definition) is 5. The number of nitrogens with one attached hydrogen (secondary N) is 1. The van der Waals surface area contributed by atoms with Crippen molar-refractivity contribution in [2.75, 3.05) is 0 Å². The molecule has 1 amide bonds. The van der Waals surface area contributed by atoms with Gasteiger partial charge in [0.2, 0.25) is 0 Å². The first kappa shape index (κ1) is 22.4. The van der Waals surface area contributed by atoms with Gasteiger partial charge in [-0.2, -0.15) is 5.26 Å². The third kappa shape index (κ3) is 5.46. The molecule has 0 saturated heterocycles. The van der Waals surface area contributed by atoms with Gasteiger partial charge in [-0.05, 0) is 63.5 Å². The average Bonchev–Trinajstić information content (AvgIpc) is 3.36. The highest BCUT2D eigenvalue weighted by atomic mass is 16.5. The molecular formula is C24H29N3O4. The third-order valence-electron chi connectivity index (χ3n) is 5.85. The summed E-state index contributed by atoms with van der Waals surface area (Å²) in [6.45, 7) is 6.10. The Hall–Kier alpha value is -3.27. The van der Waals surface area contributed by atoms with Crippen LogP contribution in [0.15, 0.2) is 35.0 Å². The zero-order valence-electron chi connectivity index (χ0n) is 18.3. The predicted molar refractivity (Wildman–Crippen MR) is 116 cm³/mol. The zero-order chi connectivity index (χ0) is 22.4. The van der Waals surface area contributed by atoms with Gasteiger partial charge < -0.3 is 19.0 Å². The number of aryl methyl sites for hydroxylation is 1. The van der Waals surface area contributed by atoms with E-state index in [1.165, 1.54) is 13.0 Å². The molecular weight excluding hydrogens is 394 g/mol. The quantitative estimate of drug-likeness (QED) is 0.536. The first-order valence-electron chi connectivity index (χ1n) is 10.6. The highest BCUT2D eigenvalue weighted by Gasteiger charge is 2.35. The van der Waals surface area contributed by atoms with Crippen LogP contribution in [0, 0.1) is 25.2 Å². The standard InChI is InChI=1S/C24H29N3O4/c1-17-14-20(18(2)27(17)15-21-8-7-13-30-21)9-10-22(28)31-19(3)23(29)26-24(16-25)11-5-4-6-12-24/h7-10,13-14,19H,4-6,11-12,15H2,1-3H3,(H,26,29)/b10-9+. The molecule has 3 rings (SSSR count). The van der Waals surface area contributed by atoms with Gasteiger partial charge in [0.15, 0.2) is 6.10 Å². The Labute approximate surface area is 182 Å². The summed E-state index contributed by atoms with van der Waals surface area (Å²) in [7, 11) is 0. The van der Waals surface area contributed by atoms with Crippen molar-refractivity contribution >= 4 is 18.0 Å². The number of rotatable bonds is 7. The molecule has 1 fully saturated rings. The normalized spacial score (nSPS) is 16.6. The van der Waals surface area contributed by atoms with Gasteiger partial charge in [0.05, 0.1) is 18.9 Å². The second-order valence-electron chi connectivity index (χ2n) is 8.15. The predicted octanol–water partition coefficient (Wildman–Crippen LogP) is 4.03. The lowest BCUT2D eigenvalue weighted by molar-refractivity contribution is -0.150. The molecule has 0 aromatic carbocycles. The fourth-order valence-electron chi connectivity index (χ4n) is 3.98. The summed E-state index contributed by atoms with van der Waals surface area (Å²) >= 11 is 0. The van der Waals surface area contributed by atoms with Crippen LogP contribution in [0.1, 0.15) is 61.7 Å². The van der Waals surface area contributed by atoms with Crippen LogP contribution in [0.25, 0.3) is 6.08 Å². The number of furan rings is 1. The maximum Gasteiger partial charge on any atom is 0.331 e. The van der Waals surface area contributed by atoms with Gasteiger partial charge in [-0.1, -0.05) is 19.3 Å². The van der Waals surface area contributed by atoms with Gasteiger partial charge in [0.25, 0.3) is 5.91 Å². The number of hydrogen-bond donors (Lipinski definition) is 1. The molecule has 0 aliphatic heterocycles. The molecule has 1 saturated carbocycles. The van der Waals surface area contributed by atoms with Crippen LogP contribution in [0.2, 0.25) is 0 Å². The van der Waals surface area contributed by atoms with Gasteiger partial charge in [-0.15, -0.1) is 0 Å². The molecule has 0 radical (unpaired) electrons. The zero-order valence-corrected chi connectivity index (χ0v) is 18.3.